The molecule has 0 aliphatic rings. The molecule has 6 nitrogen and oxygen atoms in total. The van der Waals surface area contributed by atoms with E-state index in [0.29, 0.717) is 22.7 Å². The number of ether oxygens (including phenoxy) is 1. The summed E-state index contributed by atoms with van der Waals surface area (Å²) in [6.07, 6.45) is -0.345. The summed E-state index contributed by atoms with van der Waals surface area (Å²) in [7, 11) is 1.50. The summed E-state index contributed by atoms with van der Waals surface area (Å²) in [5.74, 6) is -0.511. The second-order valence-electron chi connectivity index (χ2n) is 5.11. The van der Waals surface area contributed by atoms with Crippen LogP contribution in [0.15, 0.2) is 48.5 Å². The van der Waals surface area contributed by atoms with E-state index in [2.05, 4.69) is 10.6 Å². The van der Waals surface area contributed by atoms with Crippen LogP contribution in [0.1, 0.15) is 23.7 Å². The minimum atomic E-state index is -0.469. The quantitative estimate of drug-likeness (QED) is 0.631. The molecule has 0 saturated heterocycles. The van der Waals surface area contributed by atoms with Crippen LogP contribution in [0.3, 0.4) is 0 Å². The van der Waals surface area contributed by atoms with Crippen LogP contribution < -0.4 is 15.4 Å². The third-order valence-corrected chi connectivity index (χ3v) is 3.26. The molecule has 0 radical (unpaired) electrons. The molecule has 6 heteroatoms. The standard InChI is InChI=1S/C18H18N2O4/c1-12(21)13-6-5-7-14(10-13)19-17(22)11-18(23)20-15-8-3-4-9-16(15)24-2/h3-10H,11H2,1-2H3,(H,19,22)(H,20,23). The van der Waals surface area contributed by atoms with Gasteiger partial charge in [0.15, 0.2) is 5.78 Å². The molecule has 0 atom stereocenters. The van der Waals surface area contributed by atoms with E-state index in [4.69, 9.17) is 4.74 Å². The van der Waals surface area contributed by atoms with Crippen molar-refractivity contribution in [2.45, 2.75) is 13.3 Å². The van der Waals surface area contributed by atoms with Crippen LogP contribution in [0, 0.1) is 0 Å². The van der Waals surface area contributed by atoms with E-state index in [0.717, 1.165) is 0 Å². The number of hydrogen-bond donors (Lipinski definition) is 2. The highest BCUT2D eigenvalue weighted by Gasteiger charge is 2.12. The second-order valence-corrected chi connectivity index (χ2v) is 5.11. The van der Waals surface area contributed by atoms with Gasteiger partial charge in [-0.05, 0) is 31.2 Å². The lowest BCUT2D eigenvalue weighted by atomic mass is 10.1. The Kier molecular flexibility index (Phi) is 5.68. The molecule has 0 aliphatic heterocycles. The molecule has 2 aromatic carbocycles. The fraction of sp³-hybridized carbons (Fsp3) is 0.167. The van der Waals surface area contributed by atoms with Gasteiger partial charge in [0.2, 0.25) is 11.8 Å². The van der Waals surface area contributed by atoms with E-state index in [9.17, 15) is 14.4 Å². The monoisotopic (exact) mass is 326 g/mol. The number of anilines is 2. The summed E-state index contributed by atoms with van der Waals surface area (Å²) < 4.78 is 5.14. The van der Waals surface area contributed by atoms with E-state index >= 15 is 0 Å². The molecule has 2 N–H and O–H groups in total. The number of ketones is 1. The van der Waals surface area contributed by atoms with E-state index in [1.807, 2.05) is 0 Å². The molecular formula is C18H18N2O4. The minimum absolute atomic E-state index is 0.0972. The largest absolute Gasteiger partial charge is 0.495 e. The molecule has 2 amide bonds. The third kappa shape index (κ3) is 4.67. The van der Waals surface area contributed by atoms with Crippen LogP contribution in [-0.2, 0) is 9.59 Å². The highest BCUT2D eigenvalue weighted by molar-refractivity contribution is 6.08. The third-order valence-electron chi connectivity index (χ3n) is 3.26. The Hall–Kier alpha value is -3.15. The zero-order valence-corrected chi connectivity index (χ0v) is 13.5. The topological polar surface area (TPSA) is 84.5 Å². The molecule has 0 unspecified atom stereocenters. The maximum absolute atomic E-state index is 12.0. The predicted octanol–water partition coefficient (Wildman–Crippen LogP) is 2.87. The van der Waals surface area contributed by atoms with Gasteiger partial charge in [-0.15, -0.1) is 0 Å². The predicted molar refractivity (Wildman–Crippen MR) is 91.3 cm³/mol. The summed E-state index contributed by atoms with van der Waals surface area (Å²) in [6.45, 7) is 1.45. The molecule has 2 aromatic rings. The Morgan fingerprint density at radius 2 is 1.67 bits per heavy atom. The molecule has 0 aliphatic carbocycles. The number of carbonyl (C=O) groups is 3. The summed E-state index contributed by atoms with van der Waals surface area (Å²) in [5, 5.41) is 5.23. The Bertz CT molecular complexity index is 771. The normalized spacial score (nSPS) is 9.92. The van der Waals surface area contributed by atoms with Crippen molar-refractivity contribution >= 4 is 29.0 Å². The first kappa shape index (κ1) is 17.2. The van der Waals surface area contributed by atoms with Crippen LogP contribution in [0.5, 0.6) is 5.75 Å². The van der Waals surface area contributed by atoms with Crippen LogP contribution in [0.25, 0.3) is 0 Å². The molecule has 0 spiro atoms. The number of benzene rings is 2. The van der Waals surface area contributed by atoms with E-state index < -0.39 is 11.8 Å². The Balaban J connectivity index is 1.96. The molecular weight excluding hydrogens is 308 g/mol. The number of methoxy groups -OCH3 is 1. The number of carbonyl (C=O) groups excluding carboxylic acids is 3. The smallest absolute Gasteiger partial charge is 0.233 e. The second kappa shape index (κ2) is 7.92. The maximum Gasteiger partial charge on any atom is 0.233 e. The zero-order valence-electron chi connectivity index (χ0n) is 13.5. The average molecular weight is 326 g/mol. The van der Waals surface area contributed by atoms with Gasteiger partial charge < -0.3 is 15.4 Å². The van der Waals surface area contributed by atoms with Gasteiger partial charge in [-0.2, -0.15) is 0 Å². The Labute approximate surface area is 139 Å². The first-order chi connectivity index (χ1) is 11.5. The van der Waals surface area contributed by atoms with Gasteiger partial charge in [0, 0.05) is 11.3 Å². The molecule has 124 valence electrons. The molecule has 0 bridgehead atoms. The number of amides is 2. The lowest BCUT2D eigenvalue weighted by Crippen LogP contribution is -2.21. The van der Waals surface area contributed by atoms with Crippen molar-refractivity contribution in [3.05, 3.63) is 54.1 Å². The van der Waals surface area contributed by atoms with Crippen LogP contribution in [0.2, 0.25) is 0 Å². The number of Topliss-reactive ketones (excluding diaryl/α,β-unsaturated/α-hetero) is 1. The van der Waals surface area contributed by atoms with E-state index in [-0.39, 0.29) is 12.2 Å². The number of rotatable bonds is 6. The summed E-state index contributed by atoms with van der Waals surface area (Å²) in [4.78, 5) is 35.3. The number of hydrogen-bond acceptors (Lipinski definition) is 4. The van der Waals surface area contributed by atoms with Crippen molar-refractivity contribution in [1.29, 1.82) is 0 Å². The van der Waals surface area contributed by atoms with Crippen LogP contribution >= 0.6 is 0 Å². The fourth-order valence-electron chi connectivity index (χ4n) is 2.11. The molecule has 2 rings (SSSR count). The molecule has 0 heterocycles. The zero-order chi connectivity index (χ0) is 17.5. The van der Waals surface area contributed by atoms with Gasteiger partial charge in [0.05, 0.1) is 12.8 Å². The highest BCUT2D eigenvalue weighted by atomic mass is 16.5. The van der Waals surface area contributed by atoms with Crippen molar-refractivity contribution in [1.82, 2.24) is 0 Å². The van der Waals surface area contributed by atoms with Gasteiger partial charge in [-0.3, -0.25) is 14.4 Å². The van der Waals surface area contributed by atoms with Crippen molar-refractivity contribution in [3.63, 3.8) is 0 Å². The average Bonchev–Trinajstić information content (AvgIpc) is 2.55. The van der Waals surface area contributed by atoms with Gasteiger partial charge in [0.25, 0.3) is 0 Å². The maximum atomic E-state index is 12.0. The fourth-order valence-corrected chi connectivity index (χ4v) is 2.11. The molecule has 0 aromatic heterocycles. The molecule has 0 saturated carbocycles. The first-order valence-electron chi connectivity index (χ1n) is 7.33. The first-order valence-corrected chi connectivity index (χ1v) is 7.33. The van der Waals surface area contributed by atoms with Gasteiger partial charge in [-0.1, -0.05) is 24.3 Å². The number of nitrogens with one attached hydrogen (secondary N) is 2. The molecule has 24 heavy (non-hydrogen) atoms. The Morgan fingerprint density at radius 3 is 2.38 bits per heavy atom. The van der Waals surface area contributed by atoms with E-state index in [1.165, 1.54) is 14.0 Å². The van der Waals surface area contributed by atoms with Crippen molar-refractivity contribution in [2.24, 2.45) is 0 Å². The SMILES string of the molecule is COc1ccccc1NC(=O)CC(=O)Nc1cccc(C(C)=O)c1. The van der Waals surface area contributed by atoms with Gasteiger partial charge in [-0.25, -0.2) is 0 Å². The van der Waals surface area contributed by atoms with Crippen molar-refractivity contribution in [3.8, 4) is 5.75 Å². The van der Waals surface area contributed by atoms with Crippen molar-refractivity contribution < 1.29 is 19.1 Å². The minimum Gasteiger partial charge on any atom is -0.495 e. The summed E-state index contributed by atoms with van der Waals surface area (Å²) in [6, 6.07) is 13.5. The van der Waals surface area contributed by atoms with Gasteiger partial charge >= 0.3 is 0 Å². The lowest BCUT2D eigenvalue weighted by Gasteiger charge is -2.10. The van der Waals surface area contributed by atoms with Crippen LogP contribution in [0.4, 0.5) is 11.4 Å². The summed E-state index contributed by atoms with van der Waals surface area (Å²) in [5.41, 5.74) is 1.46. The van der Waals surface area contributed by atoms with E-state index in [1.54, 1.807) is 48.5 Å². The lowest BCUT2D eigenvalue weighted by molar-refractivity contribution is -0.123. The molecule has 0 fully saturated rings. The highest BCUT2D eigenvalue weighted by Crippen LogP contribution is 2.23. The summed E-state index contributed by atoms with van der Waals surface area (Å²) >= 11 is 0. The number of para-hydroxylation sites is 2. The van der Waals surface area contributed by atoms with Crippen molar-refractivity contribution in [2.75, 3.05) is 17.7 Å². The van der Waals surface area contributed by atoms with Crippen LogP contribution in [-0.4, -0.2) is 24.7 Å². The van der Waals surface area contributed by atoms with Gasteiger partial charge in [0.1, 0.15) is 12.2 Å². The Morgan fingerprint density at radius 1 is 0.958 bits per heavy atom.